The number of ether oxygens (including phenoxy) is 1. The second kappa shape index (κ2) is 7.99. The highest BCUT2D eigenvalue weighted by molar-refractivity contribution is 5.85. The van der Waals surface area contributed by atoms with E-state index in [1.807, 2.05) is 26.0 Å². The molecule has 0 spiro atoms. The minimum Gasteiger partial charge on any atom is -0.485 e. The number of hydrogen-bond donors (Lipinski definition) is 2. The summed E-state index contributed by atoms with van der Waals surface area (Å²) in [4.78, 5) is 8.69. The van der Waals surface area contributed by atoms with E-state index < -0.39 is 11.7 Å². The molecule has 28 heavy (non-hydrogen) atoms. The Labute approximate surface area is 169 Å². The summed E-state index contributed by atoms with van der Waals surface area (Å²) in [6.07, 6.45) is 3.30. The van der Waals surface area contributed by atoms with Gasteiger partial charge >= 0.3 is 0 Å². The van der Waals surface area contributed by atoms with Gasteiger partial charge in [-0.25, -0.2) is 4.39 Å². The maximum absolute atomic E-state index is 13.1. The molecule has 1 aliphatic heterocycles. The number of fused-ring (bicyclic) bond motifs is 2. The first-order chi connectivity index (χ1) is 12.9. The summed E-state index contributed by atoms with van der Waals surface area (Å²) in [5, 5.41) is 14.3. The van der Waals surface area contributed by atoms with Gasteiger partial charge < -0.3 is 15.2 Å². The third-order valence-corrected chi connectivity index (χ3v) is 5.03. The molecular formula is C21H23ClFN3O2. The predicted octanol–water partition coefficient (Wildman–Crippen LogP) is 3.60. The van der Waals surface area contributed by atoms with Crippen LogP contribution in [0.3, 0.4) is 0 Å². The van der Waals surface area contributed by atoms with E-state index in [1.165, 1.54) is 12.1 Å². The number of halogens is 2. The maximum Gasteiger partial charge on any atom is 0.131 e. The van der Waals surface area contributed by atoms with Crippen molar-refractivity contribution in [3.05, 3.63) is 65.7 Å². The lowest BCUT2D eigenvalue weighted by atomic mass is 9.86. The maximum atomic E-state index is 13.1. The lowest BCUT2D eigenvalue weighted by Crippen LogP contribution is -2.52. The standard InChI is InChI=1S/C21H22FN3O2.ClH/c1-21(2)20(26)19(25-8-7-13-3-5-14(22)6-4-13)15-11-16-17(12-18(15)27-21)24-10-9-23-16;/h3-6,9-12,19-20,25-26H,7-8H2,1-2H3;1H. The molecule has 4 rings (SSSR count). The molecule has 5 nitrogen and oxygen atoms in total. The van der Waals surface area contributed by atoms with Gasteiger partial charge in [-0.05, 0) is 50.6 Å². The molecule has 7 heteroatoms. The quantitative estimate of drug-likeness (QED) is 0.696. The first-order valence-corrected chi connectivity index (χ1v) is 9.03. The summed E-state index contributed by atoms with van der Waals surface area (Å²) < 4.78 is 19.1. The summed E-state index contributed by atoms with van der Waals surface area (Å²) in [7, 11) is 0. The number of nitrogens with one attached hydrogen (secondary N) is 1. The van der Waals surface area contributed by atoms with Gasteiger partial charge in [0.25, 0.3) is 0 Å². The van der Waals surface area contributed by atoms with Crippen LogP contribution in [0.4, 0.5) is 4.39 Å². The van der Waals surface area contributed by atoms with Gasteiger partial charge in [0.1, 0.15) is 23.3 Å². The number of aromatic nitrogens is 2. The molecule has 1 aliphatic rings. The lowest BCUT2D eigenvalue weighted by molar-refractivity contribution is -0.0642. The third kappa shape index (κ3) is 3.94. The van der Waals surface area contributed by atoms with Gasteiger partial charge in [-0.2, -0.15) is 0 Å². The van der Waals surface area contributed by atoms with E-state index in [0.717, 1.165) is 28.6 Å². The number of hydrogen-bond acceptors (Lipinski definition) is 5. The van der Waals surface area contributed by atoms with Crippen molar-refractivity contribution in [1.82, 2.24) is 15.3 Å². The van der Waals surface area contributed by atoms with Crippen molar-refractivity contribution in [3.8, 4) is 5.75 Å². The topological polar surface area (TPSA) is 67.3 Å². The van der Waals surface area contributed by atoms with Gasteiger partial charge in [0.05, 0.1) is 17.1 Å². The number of benzene rings is 2. The first-order valence-electron chi connectivity index (χ1n) is 9.03. The summed E-state index contributed by atoms with van der Waals surface area (Å²) in [5.41, 5.74) is 2.69. The normalized spacial score (nSPS) is 20.1. The summed E-state index contributed by atoms with van der Waals surface area (Å²) in [6.45, 7) is 4.38. The van der Waals surface area contributed by atoms with Crippen LogP contribution in [0.2, 0.25) is 0 Å². The molecule has 0 saturated heterocycles. The Balaban J connectivity index is 0.00000225. The van der Waals surface area contributed by atoms with E-state index in [1.54, 1.807) is 24.5 Å². The number of rotatable bonds is 4. The third-order valence-electron chi connectivity index (χ3n) is 5.03. The van der Waals surface area contributed by atoms with Gasteiger partial charge in [0, 0.05) is 24.0 Å². The summed E-state index contributed by atoms with van der Waals surface area (Å²) in [6, 6.07) is 9.97. The molecule has 0 bridgehead atoms. The molecule has 0 aliphatic carbocycles. The van der Waals surface area contributed by atoms with E-state index in [-0.39, 0.29) is 24.3 Å². The molecule has 148 valence electrons. The molecule has 2 aromatic carbocycles. The van der Waals surface area contributed by atoms with E-state index in [2.05, 4.69) is 15.3 Å². The van der Waals surface area contributed by atoms with Crippen molar-refractivity contribution in [2.75, 3.05) is 6.54 Å². The fourth-order valence-corrected chi connectivity index (χ4v) is 3.50. The minimum atomic E-state index is -0.740. The SMILES string of the molecule is CC1(C)Oc2cc3nccnc3cc2C(NCCc2ccc(F)cc2)C1O.Cl. The molecule has 2 heterocycles. The molecule has 2 N–H and O–H groups in total. The Morgan fingerprint density at radius 3 is 2.43 bits per heavy atom. The van der Waals surface area contributed by atoms with E-state index >= 15 is 0 Å². The van der Waals surface area contributed by atoms with Crippen LogP contribution in [0.15, 0.2) is 48.8 Å². The zero-order valence-electron chi connectivity index (χ0n) is 15.7. The average Bonchev–Trinajstić information content (AvgIpc) is 2.65. The monoisotopic (exact) mass is 403 g/mol. The molecule has 0 amide bonds. The van der Waals surface area contributed by atoms with Crippen LogP contribution in [-0.2, 0) is 6.42 Å². The zero-order chi connectivity index (χ0) is 19.0. The molecule has 2 unspecified atom stereocenters. The smallest absolute Gasteiger partial charge is 0.131 e. The second-order valence-electron chi connectivity index (χ2n) is 7.39. The number of aliphatic hydroxyl groups is 1. The van der Waals surface area contributed by atoms with Crippen LogP contribution >= 0.6 is 12.4 Å². The van der Waals surface area contributed by atoms with Crippen molar-refractivity contribution < 1.29 is 14.2 Å². The number of nitrogens with zero attached hydrogens (tertiary/aromatic N) is 2. The molecule has 2 atom stereocenters. The molecule has 3 aromatic rings. The van der Waals surface area contributed by atoms with E-state index in [4.69, 9.17) is 4.74 Å². The van der Waals surface area contributed by atoms with Crippen LogP contribution < -0.4 is 10.1 Å². The Bertz CT molecular complexity index is 966. The molecule has 0 saturated carbocycles. The Hall–Kier alpha value is -2.28. The van der Waals surface area contributed by atoms with Crippen LogP contribution in [0.25, 0.3) is 11.0 Å². The van der Waals surface area contributed by atoms with Gasteiger partial charge in [0.2, 0.25) is 0 Å². The highest BCUT2D eigenvalue weighted by atomic mass is 35.5. The van der Waals surface area contributed by atoms with Crippen molar-refractivity contribution in [2.24, 2.45) is 0 Å². The molecule has 1 aromatic heterocycles. The fourth-order valence-electron chi connectivity index (χ4n) is 3.50. The van der Waals surface area contributed by atoms with Crippen molar-refractivity contribution in [2.45, 2.75) is 38.0 Å². The van der Waals surface area contributed by atoms with Crippen LogP contribution in [0.5, 0.6) is 5.75 Å². The predicted molar refractivity (Wildman–Crippen MR) is 108 cm³/mol. The van der Waals surface area contributed by atoms with Crippen LogP contribution in [0.1, 0.15) is 31.0 Å². The molecular weight excluding hydrogens is 381 g/mol. The van der Waals surface area contributed by atoms with Crippen molar-refractivity contribution in [1.29, 1.82) is 0 Å². The molecule has 0 radical (unpaired) electrons. The second-order valence-corrected chi connectivity index (χ2v) is 7.39. The van der Waals surface area contributed by atoms with Gasteiger partial charge in [-0.3, -0.25) is 9.97 Å². The Morgan fingerprint density at radius 2 is 1.75 bits per heavy atom. The Morgan fingerprint density at radius 1 is 1.11 bits per heavy atom. The van der Waals surface area contributed by atoms with Crippen molar-refractivity contribution in [3.63, 3.8) is 0 Å². The van der Waals surface area contributed by atoms with Crippen molar-refractivity contribution >= 4 is 23.4 Å². The highest BCUT2D eigenvalue weighted by Crippen LogP contribution is 2.41. The minimum absolute atomic E-state index is 0. The average molecular weight is 404 g/mol. The summed E-state index contributed by atoms with van der Waals surface area (Å²) >= 11 is 0. The van der Waals surface area contributed by atoms with E-state index in [0.29, 0.717) is 12.3 Å². The first kappa shape index (κ1) is 20.5. The van der Waals surface area contributed by atoms with Gasteiger partial charge in [0.15, 0.2) is 0 Å². The molecule has 0 fully saturated rings. The van der Waals surface area contributed by atoms with E-state index in [9.17, 15) is 9.50 Å². The number of aliphatic hydroxyl groups excluding tert-OH is 1. The fraction of sp³-hybridized carbons (Fsp3) is 0.333. The lowest BCUT2D eigenvalue weighted by Gasteiger charge is -2.42. The highest BCUT2D eigenvalue weighted by Gasteiger charge is 2.42. The van der Waals surface area contributed by atoms with Gasteiger partial charge in [-0.1, -0.05) is 12.1 Å². The van der Waals surface area contributed by atoms with Crippen LogP contribution in [-0.4, -0.2) is 33.3 Å². The Kier molecular flexibility index (Phi) is 5.84. The zero-order valence-corrected chi connectivity index (χ0v) is 16.5. The van der Waals surface area contributed by atoms with Gasteiger partial charge in [-0.15, -0.1) is 12.4 Å². The van der Waals surface area contributed by atoms with Crippen LogP contribution in [0, 0.1) is 5.82 Å². The largest absolute Gasteiger partial charge is 0.485 e. The summed E-state index contributed by atoms with van der Waals surface area (Å²) in [5.74, 6) is 0.466.